The third-order valence-electron chi connectivity index (χ3n) is 3.77. The van der Waals surface area contributed by atoms with Crippen LogP contribution in [-0.4, -0.2) is 23.6 Å². The van der Waals surface area contributed by atoms with Crippen molar-refractivity contribution in [1.82, 2.24) is 5.32 Å². The summed E-state index contributed by atoms with van der Waals surface area (Å²) in [5.74, 6) is -0.910. The Bertz CT molecular complexity index is 783. The summed E-state index contributed by atoms with van der Waals surface area (Å²) in [6, 6.07) is 9.48. The van der Waals surface area contributed by atoms with E-state index in [9.17, 15) is 9.59 Å². The van der Waals surface area contributed by atoms with E-state index in [0.29, 0.717) is 21.4 Å². The van der Waals surface area contributed by atoms with Gasteiger partial charge in [0.05, 0.1) is 12.5 Å². The number of hydrogen-bond acceptors (Lipinski definition) is 3. The predicted molar refractivity (Wildman–Crippen MR) is 101 cm³/mol. The van der Waals surface area contributed by atoms with Gasteiger partial charge in [-0.05, 0) is 54.8 Å². The van der Waals surface area contributed by atoms with E-state index in [2.05, 4.69) is 5.32 Å². The molecule has 0 radical (unpaired) electrons. The highest BCUT2D eigenvalue weighted by atomic mass is 35.5. The second kappa shape index (κ2) is 8.92. The van der Waals surface area contributed by atoms with Gasteiger partial charge in [-0.3, -0.25) is 9.59 Å². The van der Waals surface area contributed by atoms with Crippen LogP contribution in [0.5, 0.6) is 5.75 Å². The van der Waals surface area contributed by atoms with Gasteiger partial charge in [-0.15, -0.1) is 0 Å². The van der Waals surface area contributed by atoms with Crippen LogP contribution >= 0.6 is 23.2 Å². The Balaban J connectivity index is 2.03. The van der Waals surface area contributed by atoms with Crippen molar-refractivity contribution >= 4 is 35.1 Å². The quantitative estimate of drug-likeness (QED) is 0.731. The summed E-state index contributed by atoms with van der Waals surface area (Å²) in [6.45, 7) is 3.47. The highest BCUT2D eigenvalue weighted by molar-refractivity contribution is 6.32. The van der Waals surface area contributed by atoms with Gasteiger partial charge in [0.2, 0.25) is 0 Å². The Kier molecular flexibility index (Phi) is 6.89. The molecule has 0 spiro atoms. The maximum Gasteiger partial charge on any atom is 0.305 e. The van der Waals surface area contributed by atoms with E-state index in [1.54, 1.807) is 36.4 Å². The van der Waals surface area contributed by atoms with Crippen LogP contribution < -0.4 is 10.1 Å². The summed E-state index contributed by atoms with van der Waals surface area (Å²) >= 11 is 12.0. The number of hydrogen-bond donors (Lipinski definition) is 2. The number of ether oxygens (including phenoxy) is 1. The van der Waals surface area contributed by atoms with E-state index >= 15 is 0 Å². The van der Waals surface area contributed by atoms with Crippen LogP contribution in [0.1, 0.15) is 29.2 Å². The van der Waals surface area contributed by atoms with Crippen molar-refractivity contribution in [3.8, 4) is 5.75 Å². The summed E-state index contributed by atoms with van der Waals surface area (Å²) in [5, 5.41) is 13.0. The third-order valence-corrected chi connectivity index (χ3v) is 4.61. The number of carboxylic acid groups (broad SMARTS) is 1. The molecule has 5 nitrogen and oxygen atoms in total. The van der Waals surface area contributed by atoms with Crippen LogP contribution in [0, 0.1) is 13.8 Å². The highest BCUT2D eigenvalue weighted by Gasteiger charge is 2.18. The SMILES string of the molecule is Cc1cc(OCC(=O)N[C@@H](CC(=O)O)c2ccc(Cl)cc2)cc(C)c1Cl. The smallest absolute Gasteiger partial charge is 0.305 e. The van der Waals surface area contributed by atoms with Crippen molar-refractivity contribution < 1.29 is 19.4 Å². The van der Waals surface area contributed by atoms with E-state index in [0.717, 1.165) is 11.1 Å². The molecule has 0 fully saturated rings. The number of aryl methyl sites for hydroxylation is 2. The molecule has 26 heavy (non-hydrogen) atoms. The van der Waals surface area contributed by atoms with Gasteiger partial charge in [-0.25, -0.2) is 0 Å². The Hall–Kier alpha value is -2.24. The van der Waals surface area contributed by atoms with Gasteiger partial charge in [-0.2, -0.15) is 0 Å². The lowest BCUT2D eigenvalue weighted by Crippen LogP contribution is -2.33. The first-order valence-corrected chi connectivity index (χ1v) is 8.68. The van der Waals surface area contributed by atoms with Gasteiger partial charge in [0.25, 0.3) is 5.91 Å². The van der Waals surface area contributed by atoms with Crippen molar-refractivity contribution in [2.45, 2.75) is 26.3 Å². The number of benzene rings is 2. The summed E-state index contributed by atoms with van der Waals surface area (Å²) in [7, 11) is 0. The topological polar surface area (TPSA) is 75.6 Å². The van der Waals surface area contributed by atoms with Crippen LogP contribution in [0.2, 0.25) is 10.0 Å². The molecule has 2 aromatic rings. The maximum absolute atomic E-state index is 12.2. The monoisotopic (exact) mass is 395 g/mol. The number of aliphatic carboxylic acids is 1. The lowest BCUT2D eigenvalue weighted by Gasteiger charge is -2.18. The zero-order valence-corrected chi connectivity index (χ0v) is 15.9. The molecule has 0 heterocycles. The normalized spacial score (nSPS) is 11.7. The number of nitrogens with one attached hydrogen (secondary N) is 1. The van der Waals surface area contributed by atoms with E-state index in [-0.39, 0.29) is 13.0 Å². The Morgan fingerprint density at radius 1 is 1.12 bits per heavy atom. The fraction of sp³-hybridized carbons (Fsp3) is 0.263. The van der Waals surface area contributed by atoms with E-state index in [4.69, 9.17) is 33.0 Å². The molecular formula is C19H19Cl2NO4. The number of halogens is 2. The first-order valence-electron chi connectivity index (χ1n) is 7.92. The fourth-order valence-electron chi connectivity index (χ4n) is 2.50. The number of amides is 1. The van der Waals surface area contributed by atoms with Crippen LogP contribution in [0.15, 0.2) is 36.4 Å². The van der Waals surface area contributed by atoms with Crippen LogP contribution in [0.3, 0.4) is 0 Å². The number of carbonyl (C=O) groups is 2. The number of carbonyl (C=O) groups excluding carboxylic acids is 1. The minimum absolute atomic E-state index is 0.232. The third kappa shape index (κ3) is 5.64. The zero-order chi connectivity index (χ0) is 19.3. The van der Waals surface area contributed by atoms with Crippen molar-refractivity contribution in [3.63, 3.8) is 0 Å². The molecule has 0 aliphatic heterocycles. The summed E-state index contributed by atoms with van der Waals surface area (Å²) in [4.78, 5) is 23.3. The summed E-state index contributed by atoms with van der Waals surface area (Å²) in [6.07, 6.45) is -0.244. The molecule has 2 N–H and O–H groups in total. The lowest BCUT2D eigenvalue weighted by molar-refractivity contribution is -0.137. The van der Waals surface area contributed by atoms with Gasteiger partial charge in [-0.1, -0.05) is 35.3 Å². The van der Waals surface area contributed by atoms with Gasteiger partial charge >= 0.3 is 5.97 Å². The van der Waals surface area contributed by atoms with Gasteiger partial charge in [0.1, 0.15) is 5.75 Å². The molecule has 0 saturated heterocycles. The van der Waals surface area contributed by atoms with Crippen molar-refractivity contribution in [2.75, 3.05) is 6.61 Å². The molecule has 1 amide bonds. The molecule has 0 unspecified atom stereocenters. The van der Waals surface area contributed by atoms with Crippen LogP contribution in [0.25, 0.3) is 0 Å². The molecule has 138 valence electrons. The van der Waals surface area contributed by atoms with Crippen molar-refractivity contribution in [2.24, 2.45) is 0 Å². The molecular weight excluding hydrogens is 377 g/mol. The first kappa shape index (κ1) is 20.1. The summed E-state index contributed by atoms with van der Waals surface area (Å²) < 4.78 is 5.51. The van der Waals surface area contributed by atoms with Crippen molar-refractivity contribution in [3.05, 3.63) is 63.1 Å². The van der Waals surface area contributed by atoms with Crippen LogP contribution in [-0.2, 0) is 9.59 Å². The molecule has 7 heteroatoms. The average molecular weight is 396 g/mol. The maximum atomic E-state index is 12.2. The largest absolute Gasteiger partial charge is 0.484 e. The molecule has 1 atom stereocenters. The van der Waals surface area contributed by atoms with Gasteiger partial charge < -0.3 is 15.2 Å². The molecule has 2 aromatic carbocycles. The lowest BCUT2D eigenvalue weighted by atomic mass is 10.0. The standard InChI is InChI=1S/C19H19Cl2NO4/c1-11-7-15(8-12(2)19(11)21)26-10-17(23)22-16(9-18(24)25)13-3-5-14(20)6-4-13/h3-8,16H,9-10H2,1-2H3,(H,22,23)(H,24,25)/t16-/m0/s1. The Morgan fingerprint density at radius 2 is 1.69 bits per heavy atom. The fourth-order valence-corrected chi connectivity index (χ4v) is 2.73. The zero-order valence-electron chi connectivity index (χ0n) is 14.4. The van der Waals surface area contributed by atoms with E-state index < -0.39 is 17.9 Å². The van der Waals surface area contributed by atoms with Gasteiger partial charge in [0, 0.05) is 10.0 Å². The number of rotatable bonds is 7. The second-order valence-corrected chi connectivity index (χ2v) is 6.74. The predicted octanol–water partition coefficient (Wildman–Crippen LogP) is 4.32. The van der Waals surface area contributed by atoms with E-state index in [1.165, 1.54) is 0 Å². The molecule has 2 rings (SSSR count). The molecule has 0 aliphatic rings. The van der Waals surface area contributed by atoms with Crippen molar-refractivity contribution in [1.29, 1.82) is 0 Å². The first-order chi connectivity index (χ1) is 12.3. The minimum atomic E-state index is -1.02. The Morgan fingerprint density at radius 3 is 2.23 bits per heavy atom. The molecule has 0 saturated carbocycles. The number of carboxylic acids is 1. The molecule has 0 aliphatic carbocycles. The highest BCUT2D eigenvalue weighted by Crippen LogP contribution is 2.26. The minimum Gasteiger partial charge on any atom is -0.484 e. The Labute approximate surface area is 161 Å². The molecule has 0 aromatic heterocycles. The molecule has 0 bridgehead atoms. The summed E-state index contributed by atoms with van der Waals surface area (Å²) in [5.41, 5.74) is 2.36. The van der Waals surface area contributed by atoms with E-state index in [1.807, 2.05) is 13.8 Å². The second-order valence-electron chi connectivity index (χ2n) is 5.93. The van der Waals surface area contributed by atoms with Crippen LogP contribution in [0.4, 0.5) is 0 Å². The average Bonchev–Trinajstić information content (AvgIpc) is 2.57. The van der Waals surface area contributed by atoms with Gasteiger partial charge in [0.15, 0.2) is 6.61 Å².